The van der Waals surface area contributed by atoms with Gasteiger partial charge in [0.25, 0.3) is 0 Å². The molecule has 0 N–H and O–H groups in total. The molecule has 1 aromatic rings. The SMILES string of the molecule is CC1CC(=O)N(CCCN2CCCCC2)N=C1c1ccc2c(c1)CCC(=O)N2C. The van der Waals surface area contributed by atoms with E-state index in [2.05, 4.69) is 17.9 Å². The molecular weight excluding hydrogens is 364 g/mol. The van der Waals surface area contributed by atoms with Crippen LogP contribution in [-0.4, -0.2) is 60.7 Å². The first kappa shape index (κ1) is 20.1. The molecule has 1 atom stereocenters. The normalized spacial score (nSPS) is 23.2. The topological polar surface area (TPSA) is 56.2 Å². The van der Waals surface area contributed by atoms with E-state index < -0.39 is 0 Å². The number of hydrogen-bond donors (Lipinski definition) is 0. The van der Waals surface area contributed by atoms with Crippen molar-refractivity contribution in [2.45, 2.75) is 51.9 Å². The van der Waals surface area contributed by atoms with E-state index in [-0.39, 0.29) is 17.7 Å². The Labute approximate surface area is 173 Å². The van der Waals surface area contributed by atoms with Crippen LogP contribution >= 0.6 is 0 Å². The van der Waals surface area contributed by atoms with Crippen LogP contribution in [0.4, 0.5) is 5.69 Å². The Morgan fingerprint density at radius 1 is 1.03 bits per heavy atom. The maximum absolute atomic E-state index is 12.5. The Balaban J connectivity index is 1.47. The molecule has 0 radical (unpaired) electrons. The summed E-state index contributed by atoms with van der Waals surface area (Å²) in [6.07, 6.45) is 6.73. The number of piperidine rings is 1. The van der Waals surface area contributed by atoms with Crippen LogP contribution in [0, 0.1) is 5.92 Å². The number of hydrogen-bond acceptors (Lipinski definition) is 4. The van der Waals surface area contributed by atoms with Crippen LogP contribution in [0.25, 0.3) is 0 Å². The summed E-state index contributed by atoms with van der Waals surface area (Å²) in [7, 11) is 1.84. The van der Waals surface area contributed by atoms with Crippen molar-refractivity contribution in [1.29, 1.82) is 0 Å². The van der Waals surface area contributed by atoms with Crippen LogP contribution in [0.5, 0.6) is 0 Å². The Morgan fingerprint density at radius 3 is 2.62 bits per heavy atom. The molecule has 3 heterocycles. The minimum absolute atomic E-state index is 0.113. The second kappa shape index (κ2) is 8.66. The molecule has 0 bridgehead atoms. The third-order valence-electron chi connectivity index (χ3n) is 6.48. The summed E-state index contributed by atoms with van der Waals surface area (Å²) in [6.45, 7) is 6.19. The monoisotopic (exact) mass is 396 g/mol. The fourth-order valence-corrected chi connectivity index (χ4v) is 4.71. The van der Waals surface area contributed by atoms with E-state index in [4.69, 9.17) is 5.10 Å². The Morgan fingerprint density at radius 2 is 1.83 bits per heavy atom. The van der Waals surface area contributed by atoms with Gasteiger partial charge in [-0.1, -0.05) is 19.4 Å². The largest absolute Gasteiger partial charge is 0.315 e. The van der Waals surface area contributed by atoms with E-state index in [1.165, 1.54) is 37.9 Å². The van der Waals surface area contributed by atoms with Crippen LogP contribution in [0.3, 0.4) is 0 Å². The zero-order valence-corrected chi connectivity index (χ0v) is 17.7. The molecule has 0 saturated carbocycles. The number of nitrogens with zero attached hydrogens (tertiary/aromatic N) is 4. The number of aryl methyl sites for hydroxylation is 1. The van der Waals surface area contributed by atoms with Gasteiger partial charge in [0, 0.05) is 38.0 Å². The molecule has 6 nitrogen and oxygen atoms in total. The van der Waals surface area contributed by atoms with Crippen LogP contribution in [-0.2, 0) is 16.0 Å². The summed E-state index contributed by atoms with van der Waals surface area (Å²) in [4.78, 5) is 28.7. The smallest absolute Gasteiger partial charge is 0.243 e. The fourth-order valence-electron chi connectivity index (χ4n) is 4.71. The minimum atomic E-state index is 0.113. The van der Waals surface area contributed by atoms with Crippen molar-refractivity contribution in [3.63, 3.8) is 0 Å². The lowest BCUT2D eigenvalue weighted by molar-refractivity contribution is -0.132. The second-order valence-corrected chi connectivity index (χ2v) is 8.66. The van der Waals surface area contributed by atoms with Crippen molar-refractivity contribution >= 4 is 23.2 Å². The van der Waals surface area contributed by atoms with E-state index >= 15 is 0 Å². The molecule has 2 amide bonds. The molecule has 4 rings (SSSR count). The van der Waals surface area contributed by atoms with Crippen molar-refractivity contribution in [2.24, 2.45) is 11.0 Å². The molecule has 1 fully saturated rings. The van der Waals surface area contributed by atoms with Gasteiger partial charge in [-0.25, -0.2) is 5.01 Å². The first-order valence-electron chi connectivity index (χ1n) is 11.0. The summed E-state index contributed by atoms with van der Waals surface area (Å²) < 4.78 is 0. The summed E-state index contributed by atoms with van der Waals surface area (Å²) in [5, 5.41) is 6.47. The van der Waals surface area contributed by atoms with Gasteiger partial charge < -0.3 is 9.80 Å². The highest BCUT2D eigenvalue weighted by atomic mass is 16.2. The lowest BCUT2D eigenvalue weighted by atomic mass is 9.90. The lowest BCUT2D eigenvalue weighted by Crippen LogP contribution is -2.38. The number of rotatable bonds is 5. The molecule has 0 aromatic heterocycles. The first-order valence-corrected chi connectivity index (χ1v) is 11.0. The molecule has 3 aliphatic heterocycles. The zero-order valence-electron chi connectivity index (χ0n) is 17.7. The minimum Gasteiger partial charge on any atom is -0.315 e. The fraction of sp³-hybridized carbons (Fsp3) is 0.609. The van der Waals surface area contributed by atoms with Gasteiger partial charge in [0.1, 0.15) is 0 Å². The lowest BCUT2D eigenvalue weighted by Gasteiger charge is -2.31. The van der Waals surface area contributed by atoms with Gasteiger partial charge in [0.15, 0.2) is 0 Å². The highest BCUT2D eigenvalue weighted by molar-refractivity contribution is 6.06. The van der Waals surface area contributed by atoms with E-state index in [9.17, 15) is 9.59 Å². The molecule has 0 aliphatic carbocycles. The average Bonchev–Trinajstić information content (AvgIpc) is 2.73. The van der Waals surface area contributed by atoms with Crippen LogP contribution in [0.1, 0.15) is 56.6 Å². The van der Waals surface area contributed by atoms with Crippen molar-refractivity contribution in [2.75, 3.05) is 38.1 Å². The predicted octanol–water partition coefficient (Wildman–Crippen LogP) is 3.04. The second-order valence-electron chi connectivity index (χ2n) is 8.66. The van der Waals surface area contributed by atoms with Crippen LogP contribution < -0.4 is 4.90 Å². The molecule has 156 valence electrons. The van der Waals surface area contributed by atoms with Gasteiger partial charge in [0.2, 0.25) is 11.8 Å². The number of carbonyl (C=O) groups excluding carboxylic acids is 2. The summed E-state index contributed by atoms with van der Waals surface area (Å²) in [5.74, 6) is 0.407. The number of carbonyl (C=O) groups is 2. The van der Waals surface area contributed by atoms with Crippen molar-refractivity contribution in [3.05, 3.63) is 29.3 Å². The molecular formula is C23H32N4O2. The molecule has 3 aliphatic rings. The third-order valence-corrected chi connectivity index (χ3v) is 6.48. The Hall–Kier alpha value is -2.21. The third kappa shape index (κ3) is 4.37. The quantitative estimate of drug-likeness (QED) is 0.769. The van der Waals surface area contributed by atoms with Crippen molar-refractivity contribution < 1.29 is 9.59 Å². The number of hydrazone groups is 1. The Kier molecular flexibility index (Phi) is 5.99. The zero-order chi connectivity index (χ0) is 20.4. The highest BCUT2D eigenvalue weighted by Gasteiger charge is 2.28. The molecule has 1 unspecified atom stereocenters. The average molecular weight is 397 g/mol. The number of fused-ring (bicyclic) bond motifs is 1. The summed E-state index contributed by atoms with van der Waals surface area (Å²) in [6, 6.07) is 6.23. The summed E-state index contributed by atoms with van der Waals surface area (Å²) in [5.41, 5.74) is 4.24. The number of benzene rings is 1. The highest BCUT2D eigenvalue weighted by Crippen LogP contribution is 2.30. The Bertz CT molecular complexity index is 813. The number of amides is 2. The van der Waals surface area contributed by atoms with E-state index in [0.717, 1.165) is 36.3 Å². The van der Waals surface area contributed by atoms with E-state index in [1.54, 1.807) is 9.91 Å². The van der Waals surface area contributed by atoms with Gasteiger partial charge in [0.05, 0.1) is 5.71 Å². The van der Waals surface area contributed by atoms with Gasteiger partial charge in [-0.2, -0.15) is 5.10 Å². The van der Waals surface area contributed by atoms with Crippen LogP contribution in [0.2, 0.25) is 0 Å². The molecule has 0 spiro atoms. The van der Waals surface area contributed by atoms with Crippen molar-refractivity contribution in [3.8, 4) is 0 Å². The predicted molar refractivity (Wildman–Crippen MR) is 115 cm³/mol. The maximum atomic E-state index is 12.5. The number of anilines is 1. The van der Waals surface area contributed by atoms with Crippen molar-refractivity contribution in [1.82, 2.24) is 9.91 Å². The molecule has 1 aromatic carbocycles. The number of likely N-dealkylation sites (tertiary alicyclic amines) is 1. The van der Waals surface area contributed by atoms with Gasteiger partial charge >= 0.3 is 0 Å². The maximum Gasteiger partial charge on any atom is 0.243 e. The molecule has 1 saturated heterocycles. The van der Waals surface area contributed by atoms with Gasteiger partial charge in [-0.15, -0.1) is 0 Å². The molecule has 6 heteroatoms. The summed E-state index contributed by atoms with van der Waals surface area (Å²) >= 11 is 0. The molecule has 29 heavy (non-hydrogen) atoms. The van der Waals surface area contributed by atoms with Gasteiger partial charge in [-0.05, 0) is 68.6 Å². The van der Waals surface area contributed by atoms with Gasteiger partial charge in [-0.3, -0.25) is 9.59 Å². The van der Waals surface area contributed by atoms with Crippen LogP contribution in [0.15, 0.2) is 23.3 Å². The van der Waals surface area contributed by atoms with E-state index in [1.807, 2.05) is 19.2 Å². The first-order chi connectivity index (χ1) is 14.0. The van der Waals surface area contributed by atoms with E-state index in [0.29, 0.717) is 19.4 Å². The standard InChI is InChI=1S/C23H32N4O2/c1-17-15-22(29)27(14-6-13-26-11-4-3-5-12-26)24-23(17)19-7-9-20-18(16-19)8-10-21(28)25(20)2/h7,9,16-17H,3-6,8,10-15H2,1-2H3.